The Balaban J connectivity index is 1.39. The zero-order chi connectivity index (χ0) is 18.8. The normalized spacial score (nSPS) is 16.4. The molecule has 1 aliphatic rings. The molecule has 1 amide bonds. The maximum Gasteiger partial charge on any atom is 0.289 e. The maximum absolute atomic E-state index is 12.4. The van der Waals surface area contributed by atoms with E-state index < -0.39 is 0 Å². The number of aromatic nitrogens is 2. The number of carbonyl (C=O) groups excluding carboxylic acids is 1. The Morgan fingerprint density at radius 1 is 1.07 bits per heavy atom. The first-order valence-electron chi connectivity index (χ1n) is 9.09. The highest BCUT2D eigenvalue weighted by atomic mass is 16.4. The molecule has 7 nitrogen and oxygen atoms in total. The van der Waals surface area contributed by atoms with Crippen molar-refractivity contribution < 1.29 is 13.6 Å². The fourth-order valence-corrected chi connectivity index (χ4v) is 3.24. The number of carbonyl (C=O) groups is 1. The quantitative estimate of drug-likeness (QED) is 0.706. The van der Waals surface area contributed by atoms with Crippen LogP contribution in [0.25, 0.3) is 11.5 Å². The van der Waals surface area contributed by atoms with Crippen LogP contribution in [0.5, 0.6) is 0 Å². The molecule has 1 atom stereocenters. The van der Waals surface area contributed by atoms with E-state index in [4.69, 9.17) is 8.83 Å². The second-order valence-corrected chi connectivity index (χ2v) is 6.79. The molecule has 0 spiro atoms. The summed E-state index contributed by atoms with van der Waals surface area (Å²) in [5, 5.41) is 8.42. The second-order valence-electron chi connectivity index (χ2n) is 6.79. The minimum Gasteiger partial charge on any atom is -0.459 e. The standard InChI is InChI=1S/C20H22N4O3/c1-14-5-7-16(8-6-14)19-22-21-18(27-19)15(2)23-9-11-24(12-10-23)20(25)17-4-3-13-26-17/h3-8,13,15H,9-12H2,1-2H3. The largest absolute Gasteiger partial charge is 0.459 e. The molecule has 140 valence electrons. The summed E-state index contributed by atoms with van der Waals surface area (Å²) in [6, 6.07) is 11.4. The van der Waals surface area contributed by atoms with E-state index >= 15 is 0 Å². The van der Waals surface area contributed by atoms with Gasteiger partial charge in [0.2, 0.25) is 11.8 Å². The Kier molecular flexibility index (Phi) is 4.77. The Hall–Kier alpha value is -2.93. The molecular formula is C20H22N4O3. The topological polar surface area (TPSA) is 75.6 Å². The smallest absolute Gasteiger partial charge is 0.289 e. The Bertz CT molecular complexity index is 894. The van der Waals surface area contributed by atoms with Crippen LogP contribution in [-0.2, 0) is 0 Å². The number of hydrogen-bond acceptors (Lipinski definition) is 6. The van der Waals surface area contributed by atoms with Crippen LogP contribution in [0.4, 0.5) is 0 Å². The lowest BCUT2D eigenvalue weighted by atomic mass is 10.1. The first-order chi connectivity index (χ1) is 13.1. The molecule has 1 aliphatic heterocycles. The minimum absolute atomic E-state index is 0.00226. The summed E-state index contributed by atoms with van der Waals surface area (Å²) >= 11 is 0. The molecule has 3 aromatic rings. The van der Waals surface area contributed by atoms with Crippen molar-refractivity contribution in [2.45, 2.75) is 19.9 Å². The van der Waals surface area contributed by atoms with Crippen molar-refractivity contribution in [1.29, 1.82) is 0 Å². The molecular weight excluding hydrogens is 344 g/mol. The van der Waals surface area contributed by atoms with Crippen LogP contribution >= 0.6 is 0 Å². The van der Waals surface area contributed by atoms with Crippen molar-refractivity contribution in [2.24, 2.45) is 0 Å². The summed E-state index contributed by atoms with van der Waals surface area (Å²) in [6.07, 6.45) is 1.52. The van der Waals surface area contributed by atoms with E-state index in [0.29, 0.717) is 30.6 Å². The predicted molar refractivity (Wildman–Crippen MR) is 99.1 cm³/mol. The lowest BCUT2D eigenvalue weighted by molar-refractivity contribution is 0.0531. The molecule has 0 bridgehead atoms. The third-order valence-electron chi connectivity index (χ3n) is 4.98. The number of rotatable bonds is 4. The highest BCUT2D eigenvalue weighted by Crippen LogP contribution is 2.25. The SMILES string of the molecule is Cc1ccc(-c2nnc(C(C)N3CCN(C(=O)c4ccco4)CC3)o2)cc1. The lowest BCUT2D eigenvalue weighted by Gasteiger charge is -2.36. The molecule has 1 unspecified atom stereocenters. The van der Waals surface area contributed by atoms with Crippen LogP contribution < -0.4 is 0 Å². The minimum atomic E-state index is -0.0632. The van der Waals surface area contributed by atoms with Crippen molar-refractivity contribution in [2.75, 3.05) is 26.2 Å². The van der Waals surface area contributed by atoms with E-state index in [1.807, 2.05) is 36.1 Å². The van der Waals surface area contributed by atoms with Crippen molar-refractivity contribution in [3.05, 3.63) is 59.9 Å². The molecule has 0 saturated carbocycles. The summed E-state index contributed by atoms with van der Waals surface area (Å²) in [5.41, 5.74) is 2.11. The maximum atomic E-state index is 12.4. The molecule has 2 aromatic heterocycles. The van der Waals surface area contributed by atoms with Gasteiger partial charge in [-0.1, -0.05) is 17.7 Å². The van der Waals surface area contributed by atoms with Gasteiger partial charge in [0, 0.05) is 31.7 Å². The van der Waals surface area contributed by atoms with Crippen LogP contribution in [0.1, 0.15) is 35.0 Å². The highest BCUT2D eigenvalue weighted by molar-refractivity contribution is 5.91. The van der Waals surface area contributed by atoms with Crippen LogP contribution in [0.15, 0.2) is 51.5 Å². The van der Waals surface area contributed by atoms with E-state index in [-0.39, 0.29) is 11.9 Å². The van der Waals surface area contributed by atoms with E-state index in [2.05, 4.69) is 22.0 Å². The predicted octanol–water partition coefficient (Wildman–Crippen LogP) is 3.16. The van der Waals surface area contributed by atoms with E-state index in [0.717, 1.165) is 18.7 Å². The summed E-state index contributed by atoms with van der Waals surface area (Å²) in [4.78, 5) is 16.4. The second kappa shape index (κ2) is 7.36. The molecule has 7 heteroatoms. The number of piperazine rings is 1. The molecule has 27 heavy (non-hydrogen) atoms. The fraction of sp³-hybridized carbons (Fsp3) is 0.350. The summed E-state index contributed by atoms with van der Waals surface area (Å²) < 4.78 is 11.1. The average molecular weight is 366 g/mol. The van der Waals surface area contributed by atoms with Gasteiger partial charge in [0.15, 0.2) is 5.76 Å². The Labute approximate surface area is 157 Å². The number of nitrogens with zero attached hydrogens (tertiary/aromatic N) is 4. The number of furan rings is 1. The van der Waals surface area contributed by atoms with Gasteiger partial charge < -0.3 is 13.7 Å². The van der Waals surface area contributed by atoms with Crippen molar-refractivity contribution in [3.63, 3.8) is 0 Å². The van der Waals surface area contributed by atoms with Crippen LogP contribution in [0.3, 0.4) is 0 Å². The third-order valence-corrected chi connectivity index (χ3v) is 4.98. The molecule has 1 fully saturated rings. The summed E-state index contributed by atoms with van der Waals surface area (Å²) in [5.74, 6) is 1.45. The van der Waals surface area contributed by atoms with Crippen LogP contribution in [0, 0.1) is 6.92 Å². The van der Waals surface area contributed by atoms with Crippen LogP contribution in [-0.4, -0.2) is 52.1 Å². The monoisotopic (exact) mass is 366 g/mol. The van der Waals surface area contributed by atoms with E-state index in [1.54, 1.807) is 12.1 Å². The van der Waals surface area contributed by atoms with Gasteiger partial charge in [-0.15, -0.1) is 10.2 Å². The van der Waals surface area contributed by atoms with Crippen molar-refractivity contribution >= 4 is 5.91 Å². The average Bonchev–Trinajstić information content (AvgIpc) is 3.40. The molecule has 0 N–H and O–H groups in total. The Morgan fingerprint density at radius 2 is 1.81 bits per heavy atom. The van der Waals surface area contributed by atoms with Gasteiger partial charge in [0.25, 0.3) is 5.91 Å². The molecule has 4 rings (SSSR count). The van der Waals surface area contributed by atoms with Gasteiger partial charge in [0.1, 0.15) is 0 Å². The first-order valence-corrected chi connectivity index (χ1v) is 9.09. The van der Waals surface area contributed by atoms with Crippen molar-refractivity contribution in [3.8, 4) is 11.5 Å². The van der Waals surface area contributed by atoms with Crippen molar-refractivity contribution in [1.82, 2.24) is 20.0 Å². The molecule has 1 saturated heterocycles. The molecule has 0 radical (unpaired) electrons. The van der Waals surface area contributed by atoms with Gasteiger partial charge >= 0.3 is 0 Å². The lowest BCUT2D eigenvalue weighted by Crippen LogP contribution is -2.49. The molecule has 3 heterocycles. The number of hydrogen-bond donors (Lipinski definition) is 0. The highest BCUT2D eigenvalue weighted by Gasteiger charge is 2.28. The molecule has 1 aromatic carbocycles. The third kappa shape index (κ3) is 3.64. The van der Waals surface area contributed by atoms with Gasteiger partial charge in [-0.2, -0.15) is 0 Å². The van der Waals surface area contributed by atoms with E-state index in [9.17, 15) is 4.79 Å². The van der Waals surface area contributed by atoms with Gasteiger partial charge in [-0.3, -0.25) is 9.69 Å². The summed E-state index contributed by atoms with van der Waals surface area (Å²) in [6.45, 7) is 6.87. The molecule has 0 aliphatic carbocycles. The van der Waals surface area contributed by atoms with Gasteiger partial charge in [-0.05, 0) is 38.1 Å². The fourth-order valence-electron chi connectivity index (χ4n) is 3.24. The zero-order valence-electron chi connectivity index (χ0n) is 15.5. The number of benzene rings is 1. The summed E-state index contributed by atoms with van der Waals surface area (Å²) in [7, 11) is 0. The number of amides is 1. The number of aryl methyl sites for hydroxylation is 1. The van der Waals surface area contributed by atoms with Gasteiger partial charge in [-0.25, -0.2) is 0 Å². The zero-order valence-corrected chi connectivity index (χ0v) is 15.5. The first kappa shape index (κ1) is 17.5. The van der Waals surface area contributed by atoms with Crippen LogP contribution in [0.2, 0.25) is 0 Å². The Morgan fingerprint density at radius 3 is 2.48 bits per heavy atom. The van der Waals surface area contributed by atoms with Gasteiger partial charge in [0.05, 0.1) is 12.3 Å². The van der Waals surface area contributed by atoms with E-state index in [1.165, 1.54) is 11.8 Å².